The van der Waals surface area contributed by atoms with Crippen molar-refractivity contribution in [3.63, 3.8) is 0 Å². The Morgan fingerprint density at radius 1 is 1.39 bits per heavy atom. The van der Waals surface area contributed by atoms with E-state index in [1.807, 2.05) is 25.2 Å². The number of methoxy groups -OCH3 is 1. The molecule has 0 aliphatic heterocycles. The summed E-state index contributed by atoms with van der Waals surface area (Å²) >= 11 is 0. The fourth-order valence-electron chi connectivity index (χ4n) is 2.62. The van der Waals surface area contributed by atoms with E-state index in [2.05, 4.69) is 25.2 Å². The number of hydrogen-bond acceptors (Lipinski definition) is 3. The number of rotatable bonds is 5. The second-order valence-corrected chi connectivity index (χ2v) is 5.55. The molecule has 1 aliphatic carbocycles. The van der Waals surface area contributed by atoms with Crippen LogP contribution in [0.3, 0.4) is 0 Å². The van der Waals surface area contributed by atoms with Gasteiger partial charge in [0.25, 0.3) is 0 Å². The maximum atomic E-state index is 6.02. The average molecular weight is 249 g/mol. The predicted molar refractivity (Wildman–Crippen MR) is 72.8 cm³/mol. The maximum absolute atomic E-state index is 6.02. The van der Waals surface area contributed by atoms with Gasteiger partial charge in [0.05, 0.1) is 19.8 Å². The summed E-state index contributed by atoms with van der Waals surface area (Å²) in [7, 11) is 3.71. The molecule has 0 heterocycles. The summed E-state index contributed by atoms with van der Waals surface area (Å²) in [5, 5.41) is 3.34. The van der Waals surface area contributed by atoms with Crippen molar-refractivity contribution in [3.8, 4) is 5.75 Å². The average Bonchev–Trinajstić information content (AvgIpc) is 2.38. The van der Waals surface area contributed by atoms with Crippen molar-refractivity contribution in [3.05, 3.63) is 29.8 Å². The first kappa shape index (κ1) is 13.4. The van der Waals surface area contributed by atoms with Crippen LogP contribution in [-0.2, 0) is 11.3 Å². The lowest BCUT2D eigenvalue weighted by Gasteiger charge is -2.51. The van der Waals surface area contributed by atoms with Crippen LogP contribution in [0.5, 0.6) is 5.75 Å². The Bertz CT molecular complexity index is 403. The first-order valence-corrected chi connectivity index (χ1v) is 6.49. The summed E-state index contributed by atoms with van der Waals surface area (Å²) in [4.78, 5) is 0. The molecule has 0 aromatic heterocycles. The molecular formula is C15H23NO2. The van der Waals surface area contributed by atoms with E-state index in [9.17, 15) is 0 Å². The smallest absolute Gasteiger partial charge is 0.119 e. The Morgan fingerprint density at radius 2 is 2.17 bits per heavy atom. The van der Waals surface area contributed by atoms with Crippen molar-refractivity contribution >= 4 is 0 Å². The molecule has 18 heavy (non-hydrogen) atoms. The molecule has 0 bridgehead atoms. The van der Waals surface area contributed by atoms with E-state index in [4.69, 9.17) is 9.47 Å². The van der Waals surface area contributed by atoms with Crippen LogP contribution >= 0.6 is 0 Å². The van der Waals surface area contributed by atoms with Gasteiger partial charge in [-0.25, -0.2) is 0 Å². The summed E-state index contributed by atoms with van der Waals surface area (Å²) in [6.07, 6.45) is 1.43. The fourth-order valence-corrected chi connectivity index (χ4v) is 2.62. The third-order valence-electron chi connectivity index (χ3n) is 4.11. The standard InChI is InChI=1S/C15H23NO2/c1-15(2)13(16-3)9-14(15)18-10-11-6-5-7-12(8-11)17-4/h5-8,13-14,16H,9-10H2,1-4H3. The first-order chi connectivity index (χ1) is 8.57. The molecule has 1 aliphatic rings. The van der Waals surface area contributed by atoms with Crippen LogP contribution in [0.2, 0.25) is 0 Å². The molecule has 0 amide bonds. The molecule has 2 atom stereocenters. The second kappa shape index (κ2) is 5.29. The maximum Gasteiger partial charge on any atom is 0.119 e. The number of hydrogen-bond donors (Lipinski definition) is 1. The second-order valence-electron chi connectivity index (χ2n) is 5.55. The number of ether oxygens (including phenoxy) is 2. The quantitative estimate of drug-likeness (QED) is 0.870. The van der Waals surface area contributed by atoms with Crippen LogP contribution in [0.4, 0.5) is 0 Å². The molecule has 1 aromatic carbocycles. The van der Waals surface area contributed by atoms with E-state index in [1.54, 1.807) is 7.11 Å². The zero-order valence-corrected chi connectivity index (χ0v) is 11.7. The molecule has 1 fully saturated rings. The third-order valence-corrected chi connectivity index (χ3v) is 4.11. The van der Waals surface area contributed by atoms with Gasteiger partial charge in [-0.1, -0.05) is 26.0 Å². The van der Waals surface area contributed by atoms with Gasteiger partial charge in [-0.05, 0) is 31.2 Å². The van der Waals surface area contributed by atoms with E-state index in [1.165, 1.54) is 0 Å². The highest BCUT2D eigenvalue weighted by molar-refractivity contribution is 5.27. The monoisotopic (exact) mass is 249 g/mol. The zero-order valence-electron chi connectivity index (χ0n) is 11.7. The van der Waals surface area contributed by atoms with Crippen molar-refractivity contribution in [1.82, 2.24) is 5.32 Å². The summed E-state index contributed by atoms with van der Waals surface area (Å²) in [6.45, 7) is 5.17. The molecule has 0 spiro atoms. The minimum atomic E-state index is 0.216. The topological polar surface area (TPSA) is 30.5 Å². The lowest BCUT2D eigenvalue weighted by Crippen LogP contribution is -2.59. The lowest BCUT2D eigenvalue weighted by atomic mass is 9.64. The van der Waals surface area contributed by atoms with Crippen molar-refractivity contribution < 1.29 is 9.47 Å². The molecule has 1 saturated carbocycles. The van der Waals surface area contributed by atoms with Gasteiger partial charge < -0.3 is 14.8 Å². The van der Waals surface area contributed by atoms with Crippen molar-refractivity contribution in [1.29, 1.82) is 0 Å². The van der Waals surface area contributed by atoms with Gasteiger partial charge in [0, 0.05) is 11.5 Å². The van der Waals surface area contributed by atoms with E-state index < -0.39 is 0 Å². The summed E-state index contributed by atoms with van der Waals surface area (Å²) in [6, 6.07) is 8.62. The molecule has 100 valence electrons. The molecular weight excluding hydrogens is 226 g/mol. The molecule has 3 heteroatoms. The summed E-state index contributed by atoms with van der Waals surface area (Å²) in [5.41, 5.74) is 1.38. The van der Waals surface area contributed by atoms with Gasteiger partial charge in [-0.2, -0.15) is 0 Å². The first-order valence-electron chi connectivity index (χ1n) is 6.49. The van der Waals surface area contributed by atoms with Gasteiger partial charge in [0.15, 0.2) is 0 Å². The molecule has 3 nitrogen and oxygen atoms in total. The van der Waals surface area contributed by atoms with E-state index >= 15 is 0 Å². The molecule has 0 radical (unpaired) electrons. The van der Waals surface area contributed by atoms with Crippen LogP contribution in [0.1, 0.15) is 25.8 Å². The van der Waals surface area contributed by atoms with Gasteiger partial charge in [-0.3, -0.25) is 0 Å². The van der Waals surface area contributed by atoms with Crippen molar-refractivity contribution in [2.45, 2.75) is 39.0 Å². The Hall–Kier alpha value is -1.06. The largest absolute Gasteiger partial charge is 0.497 e. The lowest BCUT2D eigenvalue weighted by molar-refractivity contribution is -0.123. The minimum Gasteiger partial charge on any atom is -0.497 e. The minimum absolute atomic E-state index is 0.216. The highest BCUT2D eigenvalue weighted by Gasteiger charge is 2.48. The SMILES string of the molecule is CNC1CC(OCc2cccc(OC)c2)C1(C)C. The van der Waals surface area contributed by atoms with E-state index in [0.29, 0.717) is 18.8 Å². The van der Waals surface area contributed by atoms with Crippen molar-refractivity contribution in [2.24, 2.45) is 5.41 Å². The highest BCUT2D eigenvalue weighted by Crippen LogP contribution is 2.42. The van der Waals surface area contributed by atoms with Crippen LogP contribution in [0.15, 0.2) is 24.3 Å². The molecule has 2 unspecified atom stereocenters. The Kier molecular flexibility index (Phi) is 3.93. The van der Waals surface area contributed by atoms with Crippen LogP contribution < -0.4 is 10.1 Å². The molecule has 2 rings (SSSR count). The van der Waals surface area contributed by atoms with E-state index in [-0.39, 0.29) is 5.41 Å². The summed E-state index contributed by atoms with van der Waals surface area (Å²) in [5.74, 6) is 0.886. The Balaban J connectivity index is 1.89. The predicted octanol–water partition coefficient (Wildman–Crippen LogP) is 2.60. The molecule has 1 N–H and O–H groups in total. The summed E-state index contributed by atoms with van der Waals surface area (Å²) < 4.78 is 11.2. The highest BCUT2D eigenvalue weighted by atomic mass is 16.5. The zero-order chi connectivity index (χ0) is 13.2. The third kappa shape index (κ3) is 2.52. The molecule has 0 saturated heterocycles. The Morgan fingerprint density at radius 3 is 2.78 bits per heavy atom. The van der Waals surface area contributed by atoms with Crippen LogP contribution in [0.25, 0.3) is 0 Å². The van der Waals surface area contributed by atoms with Crippen LogP contribution in [-0.4, -0.2) is 26.3 Å². The van der Waals surface area contributed by atoms with Gasteiger partial charge in [0.2, 0.25) is 0 Å². The van der Waals surface area contributed by atoms with Gasteiger partial charge >= 0.3 is 0 Å². The van der Waals surface area contributed by atoms with Gasteiger partial charge in [0.1, 0.15) is 5.75 Å². The van der Waals surface area contributed by atoms with Crippen LogP contribution in [0, 0.1) is 5.41 Å². The normalized spacial score (nSPS) is 25.6. The molecule has 1 aromatic rings. The fraction of sp³-hybridized carbons (Fsp3) is 0.600. The number of benzene rings is 1. The number of nitrogens with one attached hydrogen (secondary N) is 1. The van der Waals surface area contributed by atoms with E-state index in [0.717, 1.165) is 17.7 Å². The van der Waals surface area contributed by atoms with Crippen molar-refractivity contribution in [2.75, 3.05) is 14.2 Å². The Labute approximate surface area is 109 Å². The van der Waals surface area contributed by atoms with Gasteiger partial charge in [-0.15, -0.1) is 0 Å².